The minimum atomic E-state index is -0.966. The third-order valence-electron chi connectivity index (χ3n) is 4.41. The molecule has 2 aromatic heterocycles. The summed E-state index contributed by atoms with van der Waals surface area (Å²) >= 11 is 0. The highest BCUT2D eigenvalue weighted by molar-refractivity contribution is 6.43. The first-order valence-electron chi connectivity index (χ1n) is 8.55. The topological polar surface area (TPSA) is 113 Å². The average Bonchev–Trinajstić information content (AvgIpc) is 2.83. The van der Waals surface area contributed by atoms with Crippen molar-refractivity contribution < 1.29 is 23.9 Å². The second kappa shape index (κ2) is 7.89. The number of carbonyl (C=O) groups is 3. The van der Waals surface area contributed by atoms with Gasteiger partial charge in [0.2, 0.25) is 5.95 Å². The Kier molecular flexibility index (Phi) is 5.98. The Hall–Kier alpha value is -3.07. The zero-order valence-electron chi connectivity index (χ0n) is 16.4. The number of anilines is 1. The molecule has 0 fully saturated rings. The van der Waals surface area contributed by atoms with E-state index < -0.39 is 29.1 Å². The lowest BCUT2D eigenvalue weighted by Crippen LogP contribution is -2.49. The van der Waals surface area contributed by atoms with Gasteiger partial charge < -0.3 is 20.3 Å². The molecule has 9 heteroatoms. The number of halogens is 1. The van der Waals surface area contributed by atoms with Crippen molar-refractivity contribution in [2.75, 3.05) is 11.9 Å². The minimum absolute atomic E-state index is 0.0646. The number of ketones is 1. The van der Waals surface area contributed by atoms with Crippen molar-refractivity contribution >= 4 is 23.3 Å². The molecular formula is C19H23FN4O4. The Balaban J connectivity index is 2.36. The summed E-state index contributed by atoms with van der Waals surface area (Å²) in [5.41, 5.74) is 0.338. The van der Waals surface area contributed by atoms with E-state index in [9.17, 15) is 23.9 Å². The van der Waals surface area contributed by atoms with E-state index in [1.807, 2.05) is 0 Å². The van der Waals surface area contributed by atoms with E-state index in [1.165, 1.54) is 16.8 Å². The third kappa shape index (κ3) is 4.25. The molecule has 2 heterocycles. The Morgan fingerprint density at radius 1 is 1.29 bits per heavy atom. The summed E-state index contributed by atoms with van der Waals surface area (Å²) in [4.78, 5) is 41.1. The molecule has 0 radical (unpaired) electrons. The molecule has 2 amide bonds. The number of rotatable bonds is 6. The van der Waals surface area contributed by atoms with Crippen LogP contribution in [0.4, 0.5) is 10.1 Å². The number of aliphatic hydroxyl groups excluding tert-OH is 1. The zero-order valence-corrected chi connectivity index (χ0v) is 16.4. The van der Waals surface area contributed by atoms with Crippen molar-refractivity contribution in [3.8, 4) is 0 Å². The lowest BCUT2D eigenvalue weighted by atomic mass is 10.0. The van der Waals surface area contributed by atoms with Crippen LogP contribution in [0.2, 0.25) is 0 Å². The normalized spacial score (nSPS) is 11.2. The van der Waals surface area contributed by atoms with Crippen molar-refractivity contribution in [2.45, 2.75) is 33.2 Å². The molecule has 2 aromatic rings. The van der Waals surface area contributed by atoms with Gasteiger partial charge in [-0.2, -0.15) is 4.39 Å². The number of pyridine rings is 1. The second-order valence-corrected chi connectivity index (χ2v) is 7.14. The van der Waals surface area contributed by atoms with Crippen molar-refractivity contribution in [3.63, 3.8) is 0 Å². The third-order valence-corrected chi connectivity index (χ3v) is 4.41. The predicted molar refractivity (Wildman–Crippen MR) is 101 cm³/mol. The fraction of sp³-hybridized carbons (Fsp3) is 0.368. The lowest BCUT2D eigenvalue weighted by Gasteiger charge is -2.23. The molecule has 0 saturated carbocycles. The number of nitrogens with zero attached hydrogens (tertiary/aromatic N) is 2. The van der Waals surface area contributed by atoms with Gasteiger partial charge in [-0.3, -0.25) is 14.4 Å². The molecule has 150 valence electrons. The molecule has 0 aliphatic rings. The first-order valence-corrected chi connectivity index (χ1v) is 8.55. The molecule has 0 bridgehead atoms. The van der Waals surface area contributed by atoms with Crippen LogP contribution in [0, 0.1) is 19.8 Å². The molecular weight excluding hydrogens is 367 g/mol. The van der Waals surface area contributed by atoms with E-state index in [0.717, 1.165) is 6.07 Å². The molecule has 28 heavy (non-hydrogen) atoms. The average molecular weight is 390 g/mol. The summed E-state index contributed by atoms with van der Waals surface area (Å²) in [6, 6.07) is 2.51. The number of aromatic nitrogens is 2. The first-order chi connectivity index (χ1) is 13.0. The molecule has 0 aliphatic heterocycles. The van der Waals surface area contributed by atoms with Crippen molar-refractivity contribution in [1.29, 1.82) is 0 Å². The van der Waals surface area contributed by atoms with E-state index in [0.29, 0.717) is 11.3 Å². The highest BCUT2D eigenvalue weighted by Crippen LogP contribution is 2.23. The van der Waals surface area contributed by atoms with Gasteiger partial charge in [0.1, 0.15) is 0 Å². The van der Waals surface area contributed by atoms with Crippen molar-refractivity contribution in [3.05, 3.63) is 46.8 Å². The Morgan fingerprint density at radius 3 is 2.50 bits per heavy atom. The van der Waals surface area contributed by atoms with Crippen LogP contribution in [0.15, 0.2) is 18.3 Å². The summed E-state index contributed by atoms with van der Waals surface area (Å²) < 4.78 is 14.7. The SMILES string of the molecule is Cc1c(C(=O)Nc2ccnc(F)c2)c(C)n(C)c1C(=O)C(=O)NC(C)(C)CO. The van der Waals surface area contributed by atoms with Gasteiger partial charge in [0.15, 0.2) is 0 Å². The van der Waals surface area contributed by atoms with Gasteiger partial charge in [0.25, 0.3) is 17.6 Å². The van der Waals surface area contributed by atoms with Gasteiger partial charge in [-0.05, 0) is 39.3 Å². The molecule has 8 nitrogen and oxygen atoms in total. The highest BCUT2D eigenvalue weighted by atomic mass is 19.1. The zero-order chi connectivity index (χ0) is 21.2. The van der Waals surface area contributed by atoms with Crippen molar-refractivity contribution in [1.82, 2.24) is 14.9 Å². The summed E-state index contributed by atoms with van der Waals surface area (Å²) in [6.07, 6.45) is 1.22. The van der Waals surface area contributed by atoms with Crippen LogP contribution in [0.25, 0.3) is 0 Å². The van der Waals surface area contributed by atoms with Gasteiger partial charge in [-0.1, -0.05) is 0 Å². The number of hydrogen-bond acceptors (Lipinski definition) is 5. The van der Waals surface area contributed by atoms with E-state index in [4.69, 9.17) is 0 Å². The van der Waals surface area contributed by atoms with Gasteiger partial charge in [-0.15, -0.1) is 0 Å². The Labute approximate surface area is 161 Å². The quantitative estimate of drug-likeness (QED) is 0.393. The molecule has 0 unspecified atom stereocenters. The number of hydrogen-bond donors (Lipinski definition) is 3. The van der Waals surface area contributed by atoms with Gasteiger partial charge in [0.05, 0.1) is 23.4 Å². The molecule has 0 aliphatic carbocycles. The van der Waals surface area contributed by atoms with Gasteiger partial charge in [-0.25, -0.2) is 4.98 Å². The number of carbonyl (C=O) groups excluding carboxylic acids is 3. The predicted octanol–water partition coefficient (Wildman–Crippen LogP) is 1.50. The van der Waals surface area contributed by atoms with Gasteiger partial charge in [0, 0.05) is 30.7 Å². The van der Waals surface area contributed by atoms with Gasteiger partial charge >= 0.3 is 0 Å². The maximum Gasteiger partial charge on any atom is 0.294 e. The molecule has 2 rings (SSSR count). The maximum atomic E-state index is 13.2. The fourth-order valence-electron chi connectivity index (χ4n) is 2.82. The molecule has 0 spiro atoms. The number of amides is 2. The first kappa shape index (κ1) is 21.2. The highest BCUT2D eigenvalue weighted by Gasteiger charge is 2.31. The van der Waals surface area contributed by atoms with Crippen LogP contribution in [0.5, 0.6) is 0 Å². The molecule has 0 atom stereocenters. The standard InChI is InChI=1S/C19H23FN4O4/c1-10-14(17(27)22-12-6-7-21-13(20)8-12)11(2)24(5)15(10)16(26)18(28)23-19(3,4)9-25/h6-8,25H,9H2,1-5H3,(H,23,28)(H,21,22,27). The molecule has 3 N–H and O–H groups in total. The smallest absolute Gasteiger partial charge is 0.294 e. The number of Topliss-reactive ketones (excluding diaryl/α,β-unsaturated/α-hetero) is 1. The van der Waals surface area contributed by atoms with Crippen LogP contribution in [0.3, 0.4) is 0 Å². The maximum absolute atomic E-state index is 13.2. The molecule has 0 saturated heterocycles. The van der Waals surface area contributed by atoms with Crippen LogP contribution in [-0.2, 0) is 11.8 Å². The van der Waals surface area contributed by atoms with E-state index >= 15 is 0 Å². The summed E-state index contributed by atoms with van der Waals surface area (Å²) in [5, 5.41) is 14.3. The number of aliphatic hydroxyl groups is 1. The van der Waals surface area contributed by atoms with Crippen LogP contribution in [0.1, 0.15) is 46.0 Å². The second-order valence-electron chi connectivity index (χ2n) is 7.14. The van der Waals surface area contributed by atoms with E-state index in [-0.39, 0.29) is 23.6 Å². The Morgan fingerprint density at radius 2 is 1.93 bits per heavy atom. The van der Waals surface area contributed by atoms with Crippen LogP contribution < -0.4 is 10.6 Å². The lowest BCUT2D eigenvalue weighted by molar-refractivity contribution is -0.119. The van der Waals surface area contributed by atoms with E-state index in [1.54, 1.807) is 34.7 Å². The Bertz CT molecular complexity index is 950. The summed E-state index contributed by atoms with van der Waals surface area (Å²) in [7, 11) is 1.57. The minimum Gasteiger partial charge on any atom is -0.394 e. The largest absolute Gasteiger partial charge is 0.394 e. The number of nitrogens with one attached hydrogen (secondary N) is 2. The van der Waals surface area contributed by atoms with Crippen LogP contribution in [-0.4, -0.2) is 44.4 Å². The fourth-order valence-corrected chi connectivity index (χ4v) is 2.82. The van der Waals surface area contributed by atoms with E-state index in [2.05, 4.69) is 15.6 Å². The summed E-state index contributed by atoms with van der Waals surface area (Å²) in [5.74, 6) is -2.98. The monoisotopic (exact) mass is 390 g/mol. The molecule has 0 aromatic carbocycles. The van der Waals surface area contributed by atoms with Crippen LogP contribution >= 0.6 is 0 Å². The van der Waals surface area contributed by atoms with Crippen molar-refractivity contribution in [2.24, 2.45) is 7.05 Å². The summed E-state index contributed by atoms with van der Waals surface area (Å²) in [6.45, 7) is 6.02.